The van der Waals surface area contributed by atoms with E-state index in [2.05, 4.69) is 25.1 Å². The van der Waals surface area contributed by atoms with Crippen LogP contribution >= 0.6 is 11.6 Å². The SMILES string of the molecule is Cc1nc(C)[n+]2[nH]c(CCc3nc(N4CCCC4)nn3C)nc2c1Cl. The first-order valence-corrected chi connectivity index (χ1v) is 8.99. The molecule has 0 atom stereocenters. The molecule has 0 saturated carbocycles. The van der Waals surface area contributed by atoms with Crippen molar-refractivity contribution in [2.45, 2.75) is 39.5 Å². The summed E-state index contributed by atoms with van der Waals surface area (Å²) in [6.45, 7) is 5.92. The Bertz CT molecular complexity index is 922. The molecule has 1 aliphatic heterocycles. The second-order valence-electron chi connectivity index (χ2n) is 6.53. The van der Waals surface area contributed by atoms with Gasteiger partial charge in [0.05, 0.1) is 0 Å². The lowest BCUT2D eigenvalue weighted by molar-refractivity contribution is -0.588. The van der Waals surface area contributed by atoms with Gasteiger partial charge in [-0.3, -0.25) is 4.68 Å². The molecule has 4 rings (SSSR count). The van der Waals surface area contributed by atoms with E-state index in [1.807, 2.05) is 30.1 Å². The third-order valence-electron chi connectivity index (χ3n) is 4.68. The van der Waals surface area contributed by atoms with E-state index in [1.54, 1.807) is 0 Å². The molecule has 0 spiro atoms. The Morgan fingerprint density at radius 1 is 1.12 bits per heavy atom. The number of H-pyrrole nitrogens is 1. The van der Waals surface area contributed by atoms with Crippen molar-refractivity contribution in [3.8, 4) is 0 Å². The first kappa shape index (κ1) is 16.3. The third-order valence-corrected chi connectivity index (χ3v) is 5.12. The molecule has 8 nitrogen and oxygen atoms in total. The molecule has 3 aromatic heterocycles. The van der Waals surface area contributed by atoms with Gasteiger partial charge >= 0.3 is 5.65 Å². The van der Waals surface area contributed by atoms with Gasteiger partial charge in [0.1, 0.15) is 11.5 Å². The predicted molar refractivity (Wildman–Crippen MR) is 93.9 cm³/mol. The molecule has 0 aliphatic carbocycles. The zero-order valence-electron chi connectivity index (χ0n) is 14.8. The first-order valence-electron chi connectivity index (χ1n) is 8.61. The number of aryl methyl sites for hydroxylation is 5. The molecule has 25 heavy (non-hydrogen) atoms. The van der Waals surface area contributed by atoms with E-state index in [0.29, 0.717) is 5.02 Å². The fraction of sp³-hybridized carbons (Fsp3) is 0.562. The maximum absolute atomic E-state index is 6.33. The minimum atomic E-state index is 0.586. The number of hydrogen-bond donors (Lipinski definition) is 1. The molecule has 1 aliphatic rings. The number of aromatic amines is 1. The molecule has 4 heterocycles. The van der Waals surface area contributed by atoms with Crippen LogP contribution in [0.2, 0.25) is 5.02 Å². The van der Waals surface area contributed by atoms with Crippen LogP contribution in [-0.4, -0.2) is 42.9 Å². The normalized spacial score (nSPS) is 14.8. The molecule has 1 fully saturated rings. The Morgan fingerprint density at radius 3 is 2.64 bits per heavy atom. The number of nitrogens with zero attached hydrogens (tertiary/aromatic N) is 7. The van der Waals surface area contributed by atoms with E-state index in [4.69, 9.17) is 16.6 Å². The Kier molecular flexibility index (Phi) is 4.07. The summed E-state index contributed by atoms with van der Waals surface area (Å²) in [6.07, 6.45) is 3.94. The van der Waals surface area contributed by atoms with Crippen LogP contribution in [0.15, 0.2) is 0 Å². The highest BCUT2D eigenvalue weighted by Gasteiger charge is 2.21. The fourth-order valence-corrected chi connectivity index (χ4v) is 3.45. The van der Waals surface area contributed by atoms with Crippen LogP contribution in [0.5, 0.6) is 0 Å². The topological polar surface area (TPSA) is 79.6 Å². The highest BCUT2D eigenvalue weighted by atomic mass is 35.5. The Balaban J connectivity index is 1.54. The van der Waals surface area contributed by atoms with Gasteiger partial charge in [-0.05, 0) is 19.8 Å². The number of fused-ring (bicyclic) bond motifs is 1. The van der Waals surface area contributed by atoms with Crippen LogP contribution in [0.25, 0.3) is 5.65 Å². The van der Waals surface area contributed by atoms with Crippen molar-refractivity contribution in [3.05, 3.63) is 28.2 Å². The Morgan fingerprint density at radius 2 is 1.88 bits per heavy atom. The molecule has 3 aromatic rings. The van der Waals surface area contributed by atoms with E-state index in [0.717, 1.165) is 60.7 Å². The van der Waals surface area contributed by atoms with Crippen molar-refractivity contribution < 1.29 is 4.52 Å². The molecule has 1 saturated heterocycles. The second-order valence-corrected chi connectivity index (χ2v) is 6.91. The lowest BCUT2D eigenvalue weighted by Gasteiger charge is -2.10. The van der Waals surface area contributed by atoms with Crippen LogP contribution in [0.4, 0.5) is 5.95 Å². The minimum absolute atomic E-state index is 0.586. The Hall–Kier alpha value is -2.22. The van der Waals surface area contributed by atoms with Gasteiger partial charge in [-0.1, -0.05) is 16.6 Å². The van der Waals surface area contributed by atoms with Crippen LogP contribution in [0.1, 0.15) is 36.0 Å². The monoisotopic (exact) mass is 361 g/mol. The summed E-state index contributed by atoms with van der Waals surface area (Å²) in [5, 5.41) is 8.41. The molecule has 0 radical (unpaired) electrons. The van der Waals surface area contributed by atoms with E-state index >= 15 is 0 Å². The highest BCUT2D eigenvalue weighted by Crippen LogP contribution is 2.18. The van der Waals surface area contributed by atoms with Gasteiger partial charge in [0.2, 0.25) is 11.8 Å². The quantitative estimate of drug-likeness (QED) is 0.709. The molecule has 0 unspecified atom stereocenters. The average molecular weight is 362 g/mol. The van der Waals surface area contributed by atoms with Crippen molar-refractivity contribution in [2.24, 2.45) is 7.05 Å². The van der Waals surface area contributed by atoms with Gasteiger partial charge < -0.3 is 4.90 Å². The van der Waals surface area contributed by atoms with Crippen molar-refractivity contribution in [2.75, 3.05) is 18.0 Å². The second kappa shape index (κ2) is 6.25. The maximum atomic E-state index is 6.33. The summed E-state index contributed by atoms with van der Waals surface area (Å²) in [5.74, 6) is 3.51. The molecule has 132 valence electrons. The molecule has 0 aromatic carbocycles. The molecular weight excluding hydrogens is 340 g/mol. The van der Waals surface area contributed by atoms with Crippen LogP contribution < -0.4 is 9.42 Å². The van der Waals surface area contributed by atoms with Crippen LogP contribution in [-0.2, 0) is 19.9 Å². The van der Waals surface area contributed by atoms with Crippen molar-refractivity contribution in [1.82, 2.24) is 29.8 Å². The predicted octanol–water partition coefficient (Wildman–Crippen LogP) is 1.33. The Labute approximate surface area is 150 Å². The number of anilines is 1. The van der Waals surface area contributed by atoms with Crippen molar-refractivity contribution in [3.63, 3.8) is 0 Å². The minimum Gasteiger partial charge on any atom is -0.340 e. The summed E-state index contributed by atoms with van der Waals surface area (Å²) in [4.78, 5) is 16.0. The van der Waals surface area contributed by atoms with Crippen LogP contribution in [0.3, 0.4) is 0 Å². The van der Waals surface area contributed by atoms with Gasteiger partial charge in [-0.2, -0.15) is 4.98 Å². The summed E-state index contributed by atoms with van der Waals surface area (Å²) in [5.41, 5.74) is 1.51. The third kappa shape index (κ3) is 2.95. The first-order chi connectivity index (χ1) is 12.0. The average Bonchev–Trinajstić information content (AvgIpc) is 3.30. The number of rotatable bonds is 4. The molecule has 0 bridgehead atoms. The van der Waals surface area contributed by atoms with Gasteiger partial charge in [0.15, 0.2) is 5.02 Å². The zero-order valence-corrected chi connectivity index (χ0v) is 15.5. The zero-order chi connectivity index (χ0) is 17.6. The van der Waals surface area contributed by atoms with Gasteiger partial charge in [-0.15, -0.1) is 14.6 Å². The fourth-order valence-electron chi connectivity index (χ4n) is 3.28. The molecule has 9 heteroatoms. The number of aromatic nitrogens is 7. The van der Waals surface area contributed by atoms with Gasteiger partial charge in [0.25, 0.3) is 5.82 Å². The molecule has 1 N–H and O–H groups in total. The lowest BCUT2D eigenvalue weighted by Crippen LogP contribution is -2.29. The molecule has 0 amide bonds. The molecular formula is C16H22ClN8+. The van der Waals surface area contributed by atoms with Crippen molar-refractivity contribution >= 4 is 23.2 Å². The van der Waals surface area contributed by atoms with E-state index < -0.39 is 0 Å². The lowest BCUT2D eigenvalue weighted by atomic mass is 10.3. The number of hydrogen-bond acceptors (Lipinski definition) is 5. The highest BCUT2D eigenvalue weighted by molar-refractivity contribution is 6.33. The largest absolute Gasteiger partial charge is 0.340 e. The number of nitrogens with one attached hydrogen (secondary N) is 1. The summed E-state index contributed by atoms with van der Waals surface area (Å²) in [7, 11) is 1.95. The standard InChI is InChI=1S/C16H21ClN8/c1-10-14(17)15-19-12(21-25(15)11(2)18-10)6-7-13-20-16(22-23(13)3)24-8-4-5-9-24/h4-9H2,1-3H3/p+1. The van der Waals surface area contributed by atoms with E-state index in [9.17, 15) is 0 Å². The van der Waals surface area contributed by atoms with E-state index in [-0.39, 0.29) is 0 Å². The van der Waals surface area contributed by atoms with Crippen molar-refractivity contribution in [1.29, 1.82) is 0 Å². The maximum Gasteiger partial charge on any atom is 0.309 e. The smallest absolute Gasteiger partial charge is 0.309 e. The van der Waals surface area contributed by atoms with Crippen LogP contribution in [0, 0.1) is 13.8 Å². The van der Waals surface area contributed by atoms with Gasteiger partial charge in [0, 0.05) is 39.9 Å². The summed E-state index contributed by atoms with van der Waals surface area (Å²) < 4.78 is 3.70. The van der Waals surface area contributed by atoms with Gasteiger partial charge in [-0.25, -0.2) is 5.10 Å². The summed E-state index contributed by atoms with van der Waals surface area (Å²) in [6, 6.07) is 0. The van der Waals surface area contributed by atoms with E-state index in [1.165, 1.54) is 12.8 Å². The summed E-state index contributed by atoms with van der Waals surface area (Å²) >= 11 is 6.33. The number of halogens is 1.